The molecule has 76 valence electrons. The highest BCUT2D eigenvalue weighted by molar-refractivity contribution is 5.02. The van der Waals surface area contributed by atoms with E-state index in [2.05, 4.69) is 25.7 Å². The van der Waals surface area contributed by atoms with Gasteiger partial charge in [0.05, 0.1) is 6.10 Å². The number of nitrogens with one attached hydrogen (secondary N) is 1. The molecular formula is C11H21NO. The quantitative estimate of drug-likeness (QED) is 0.650. The molecule has 0 aromatic carbocycles. The summed E-state index contributed by atoms with van der Waals surface area (Å²) in [4.78, 5) is 0. The van der Waals surface area contributed by atoms with Gasteiger partial charge in [-0.2, -0.15) is 0 Å². The van der Waals surface area contributed by atoms with E-state index in [0.29, 0.717) is 6.04 Å². The predicted octanol–water partition coefficient (Wildman–Crippen LogP) is 1.70. The van der Waals surface area contributed by atoms with Gasteiger partial charge in [0, 0.05) is 11.5 Å². The van der Waals surface area contributed by atoms with Crippen LogP contribution in [-0.2, 0) is 0 Å². The fourth-order valence-corrected chi connectivity index (χ4v) is 1.71. The summed E-state index contributed by atoms with van der Waals surface area (Å²) in [6, 6.07) is 0.474. The Morgan fingerprint density at radius 2 is 2.23 bits per heavy atom. The lowest BCUT2D eigenvalue weighted by Gasteiger charge is -2.49. The van der Waals surface area contributed by atoms with Crippen molar-refractivity contribution < 1.29 is 5.11 Å². The minimum atomic E-state index is -0.130. The maximum Gasteiger partial charge on any atom is 0.0621 e. The van der Waals surface area contributed by atoms with Crippen molar-refractivity contribution in [1.82, 2.24) is 5.32 Å². The average Bonchev–Trinajstić information content (AvgIpc) is 2.02. The highest BCUT2D eigenvalue weighted by Crippen LogP contribution is 2.40. The lowest BCUT2D eigenvalue weighted by atomic mass is 9.64. The zero-order valence-electron chi connectivity index (χ0n) is 8.93. The van der Waals surface area contributed by atoms with E-state index in [-0.39, 0.29) is 11.5 Å². The van der Waals surface area contributed by atoms with Gasteiger partial charge in [-0.3, -0.25) is 0 Å². The average molecular weight is 183 g/mol. The molecule has 2 nitrogen and oxygen atoms in total. The fraction of sp³-hybridized carbons (Fsp3) is 0.818. The SMILES string of the molecule is C=C(C)CCNC1CC(O)C1(C)C. The topological polar surface area (TPSA) is 32.3 Å². The van der Waals surface area contributed by atoms with Crippen molar-refractivity contribution in [3.05, 3.63) is 12.2 Å². The number of hydrogen-bond donors (Lipinski definition) is 2. The molecule has 0 amide bonds. The van der Waals surface area contributed by atoms with Crippen molar-refractivity contribution in [2.75, 3.05) is 6.54 Å². The maximum atomic E-state index is 9.50. The van der Waals surface area contributed by atoms with Crippen molar-refractivity contribution in [1.29, 1.82) is 0 Å². The van der Waals surface area contributed by atoms with E-state index < -0.39 is 0 Å². The van der Waals surface area contributed by atoms with Crippen LogP contribution in [0.3, 0.4) is 0 Å². The van der Waals surface area contributed by atoms with E-state index in [0.717, 1.165) is 19.4 Å². The summed E-state index contributed by atoms with van der Waals surface area (Å²) in [5.41, 5.74) is 1.26. The van der Waals surface area contributed by atoms with Gasteiger partial charge in [0.2, 0.25) is 0 Å². The summed E-state index contributed by atoms with van der Waals surface area (Å²) in [6.07, 6.45) is 1.79. The highest BCUT2D eigenvalue weighted by atomic mass is 16.3. The Labute approximate surface area is 81.0 Å². The standard InChI is InChI=1S/C11H21NO/c1-8(2)5-6-12-9-7-10(13)11(9,3)4/h9-10,12-13H,1,5-7H2,2-4H3. The molecule has 0 radical (unpaired) electrons. The molecule has 1 saturated carbocycles. The summed E-state index contributed by atoms with van der Waals surface area (Å²) in [6.45, 7) is 11.1. The van der Waals surface area contributed by atoms with E-state index in [1.807, 2.05) is 6.92 Å². The van der Waals surface area contributed by atoms with Crippen molar-refractivity contribution in [3.63, 3.8) is 0 Å². The van der Waals surface area contributed by atoms with Crippen molar-refractivity contribution in [3.8, 4) is 0 Å². The van der Waals surface area contributed by atoms with Crippen LogP contribution in [0.5, 0.6) is 0 Å². The van der Waals surface area contributed by atoms with Gasteiger partial charge < -0.3 is 10.4 Å². The highest BCUT2D eigenvalue weighted by Gasteiger charge is 2.46. The molecule has 0 aliphatic heterocycles. The molecule has 13 heavy (non-hydrogen) atoms. The Kier molecular flexibility index (Phi) is 3.14. The molecule has 2 unspecified atom stereocenters. The van der Waals surface area contributed by atoms with Crippen LogP contribution < -0.4 is 5.32 Å². The summed E-state index contributed by atoms with van der Waals surface area (Å²) in [5, 5.41) is 12.9. The van der Waals surface area contributed by atoms with E-state index in [1.54, 1.807) is 0 Å². The number of aliphatic hydroxyl groups excluding tert-OH is 1. The molecular weight excluding hydrogens is 162 g/mol. The predicted molar refractivity (Wildman–Crippen MR) is 55.6 cm³/mol. The van der Waals surface area contributed by atoms with E-state index >= 15 is 0 Å². The first-order valence-electron chi connectivity index (χ1n) is 5.00. The first kappa shape index (κ1) is 10.7. The van der Waals surface area contributed by atoms with Crippen LogP contribution in [0.25, 0.3) is 0 Å². The van der Waals surface area contributed by atoms with Gasteiger partial charge in [0.1, 0.15) is 0 Å². The van der Waals surface area contributed by atoms with Crippen molar-refractivity contribution in [2.24, 2.45) is 5.41 Å². The summed E-state index contributed by atoms with van der Waals surface area (Å²) >= 11 is 0. The first-order chi connectivity index (χ1) is 5.94. The van der Waals surface area contributed by atoms with Gasteiger partial charge in [0.25, 0.3) is 0 Å². The number of hydrogen-bond acceptors (Lipinski definition) is 2. The van der Waals surface area contributed by atoms with Crippen LogP contribution in [0.15, 0.2) is 12.2 Å². The van der Waals surface area contributed by atoms with Gasteiger partial charge >= 0.3 is 0 Å². The second-order valence-corrected chi connectivity index (χ2v) is 4.79. The van der Waals surface area contributed by atoms with Gasteiger partial charge in [-0.05, 0) is 26.3 Å². The molecule has 1 aliphatic rings. The zero-order valence-corrected chi connectivity index (χ0v) is 8.93. The second-order valence-electron chi connectivity index (χ2n) is 4.79. The molecule has 0 spiro atoms. The minimum Gasteiger partial charge on any atom is -0.392 e. The monoisotopic (exact) mass is 183 g/mol. The Morgan fingerprint density at radius 3 is 2.62 bits per heavy atom. The normalized spacial score (nSPS) is 31.1. The van der Waals surface area contributed by atoms with Crippen LogP contribution >= 0.6 is 0 Å². The largest absolute Gasteiger partial charge is 0.392 e. The third-order valence-electron chi connectivity index (χ3n) is 3.16. The van der Waals surface area contributed by atoms with E-state index in [4.69, 9.17) is 0 Å². The summed E-state index contributed by atoms with van der Waals surface area (Å²) in [5.74, 6) is 0. The smallest absolute Gasteiger partial charge is 0.0621 e. The molecule has 1 aliphatic carbocycles. The van der Waals surface area contributed by atoms with Crippen molar-refractivity contribution >= 4 is 0 Å². The fourth-order valence-electron chi connectivity index (χ4n) is 1.71. The van der Waals surface area contributed by atoms with Crippen LogP contribution in [0.2, 0.25) is 0 Å². The van der Waals surface area contributed by atoms with Gasteiger partial charge in [-0.1, -0.05) is 19.4 Å². The third kappa shape index (κ3) is 2.32. The molecule has 0 heterocycles. The van der Waals surface area contributed by atoms with Crippen LogP contribution in [0.4, 0.5) is 0 Å². The molecule has 2 atom stereocenters. The van der Waals surface area contributed by atoms with Gasteiger partial charge in [-0.15, -0.1) is 6.58 Å². The molecule has 1 fully saturated rings. The van der Waals surface area contributed by atoms with Gasteiger partial charge in [-0.25, -0.2) is 0 Å². The third-order valence-corrected chi connectivity index (χ3v) is 3.16. The molecule has 0 aromatic heterocycles. The van der Waals surface area contributed by atoms with E-state index in [9.17, 15) is 5.11 Å². The minimum absolute atomic E-state index is 0.0507. The summed E-state index contributed by atoms with van der Waals surface area (Å²) in [7, 11) is 0. The second kappa shape index (κ2) is 3.81. The Balaban J connectivity index is 2.21. The maximum absolute atomic E-state index is 9.50. The molecule has 1 rings (SSSR count). The van der Waals surface area contributed by atoms with Crippen LogP contribution in [0.1, 0.15) is 33.6 Å². The molecule has 2 heteroatoms. The molecule has 0 aromatic rings. The van der Waals surface area contributed by atoms with Gasteiger partial charge in [0.15, 0.2) is 0 Å². The van der Waals surface area contributed by atoms with E-state index in [1.165, 1.54) is 5.57 Å². The number of aliphatic hydroxyl groups is 1. The Hall–Kier alpha value is -0.340. The van der Waals surface area contributed by atoms with Crippen LogP contribution in [-0.4, -0.2) is 23.8 Å². The lowest BCUT2D eigenvalue weighted by Crippen LogP contribution is -2.60. The number of rotatable bonds is 4. The Morgan fingerprint density at radius 1 is 1.62 bits per heavy atom. The summed E-state index contributed by atoms with van der Waals surface area (Å²) < 4.78 is 0. The Bertz CT molecular complexity index is 198. The lowest BCUT2D eigenvalue weighted by molar-refractivity contribution is -0.0720. The molecule has 0 bridgehead atoms. The first-order valence-corrected chi connectivity index (χ1v) is 5.00. The zero-order chi connectivity index (χ0) is 10.1. The van der Waals surface area contributed by atoms with Crippen LogP contribution in [0, 0.1) is 5.41 Å². The molecule has 0 saturated heterocycles. The molecule has 2 N–H and O–H groups in total. The van der Waals surface area contributed by atoms with Crippen molar-refractivity contribution in [2.45, 2.75) is 45.8 Å².